The number of anilines is 1. The number of amides is 2. The summed E-state index contributed by atoms with van der Waals surface area (Å²) in [7, 11) is -20.4. The van der Waals surface area contributed by atoms with E-state index in [1.807, 2.05) is 56.2 Å². The number of rotatable bonds is 15. The number of unbranched alkanes of at least 4 members (excludes halogenated alkanes) is 2. The van der Waals surface area contributed by atoms with Crippen molar-refractivity contribution in [1.29, 1.82) is 0 Å². The van der Waals surface area contributed by atoms with Gasteiger partial charge in [-0.2, -0.15) is 38.2 Å². The highest BCUT2D eigenvalue weighted by molar-refractivity contribution is 7.89. The Labute approximate surface area is 393 Å². The number of hydrogen-bond acceptors (Lipinski definition) is 13. The summed E-state index contributed by atoms with van der Waals surface area (Å²) in [5.41, 5.74) is 2.38. The fraction of sp³-hybridized carbons (Fsp3) is 0.333. The third kappa shape index (κ3) is 9.28. The molecule has 1 fully saturated rings. The summed E-state index contributed by atoms with van der Waals surface area (Å²) < 4.78 is 141. The molecule has 0 aromatic heterocycles. The van der Waals surface area contributed by atoms with Gasteiger partial charge in [0.25, 0.3) is 52.3 Å². The average Bonchev–Trinajstić information content (AvgIpc) is 3.75. The molecule has 362 valence electrons. The Morgan fingerprint density at radius 1 is 0.676 bits per heavy atom. The van der Waals surface area contributed by atoms with Crippen LogP contribution < -0.4 is 4.90 Å². The Bertz CT molecular complexity index is 3450. The second-order valence-corrected chi connectivity index (χ2v) is 23.1. The quantitative estimate of drug-likeness (QED) is 0.0332. The molecule has 4 aromatic carbocycles. The van der Waals surface area contributed by atoms with Crippen molar-refractivity contribution in [3.8, 4) is 0 Å². The highest BCUT2D eigenvalue weighted by Crippen LogP contribution is 2.51. The lowest BCUT2D eigenvalue weighted by Gasteiger charge is -2.26. The Hall–Kier alpha value is -5.66. The van der Waals surface area contributed by atoms with Crippen LogP contribution in [0.3, 0.4) is 0 Å². The van der Waals surface area contributed by atoms with Crippen molar-refractivity contribution in [2.75, 3.05) is 18.0 Å². The molecule has 19 nitrogen and oxygen atoms in total. The van der Waals surface area contributed by atoms with Crippen LogP contribution in [0.4, 0.5) is 11.4 Å². The summed E-state index contributed by atoms with van der Waals surface area (Å²) in [4.78, 5) is 39.3. The lowest BCUT2D eigenvalue weighted by molar-refractivity contribution is -0.438. The Morgan fingerprint density at radius 3 is 1.72 bits per heavy atom. The molecule has 4 N–H and O–H groups in total. The van der Waals surface area contributed by atoms with Gasteiger partial charge in [-0.25, -0.2) is 4.79 Å². The number of hydrogen-bond donors (Lipinski definition) is 4. The van der Waals surface area contributed by atoms with Gasteiger partial charge in [-0.15, -0.1) is 5.06 Å². The number of benzene rings is 4. The van der Waals surface area contributed by atoms with Crippen molar-refractivity contribution in [3.63, 3.8) is 0 Å². The highest BCUT2D eigenvalue weighted by Gasteiger charge is 2.46. The summed E-state index contributed by atoms with van der Waals surface area (Å²) in [6.45, 7) is 10.3. The zero-order valence-electron chi connectivity index (χ0n) is 37.3. The Morgan fingerprint density at radius 2 is 1.19 bits per heavy atom. The number of likely N-dealkylation sites (N-methyl/N-ethyl adjacent to an activating group) is 1. The molecule has 7 rings (SSSR count). The summed E-state index contributed by atoms with van der Waals surface area (Å²) in [6, 6.07) is 10.7. The number of carbonyl (C=O) groups excluding carboxylic acids is 3. The molecule has 3 aliphatic heterocycles. The minimum absolute atomic E-state index is 0.0339. The van der Waals surface area contributed by atoms with E-state index < -0.39 is 88.7 Å². The predicted octanol–water partition coefficient (Wildman–Crippen LogP) is 6.34. The van der Waals surface area contributed by atoms with E-state index in [1.165, 1.54) is 0 Å². The van der Waals surface area contributed by atoms with E-state index in [1.54, 1.807) is 42.5 Å². The second-order valence-electron chi connectivity index (χ2n) is 17.5. The van der Waals surface area contributed by atoms with Crippen LogP contribution in [0.15, 0.2) is 104 Å². The maximum atomic E-state index is 12.5. The SMILES string of the molecule is CCN1\C(=C/C=C/C=C/C2=[N+](CCCCCC(=O)ON3C(=O)CCC3=O)c3ccc4cc(S(=O)(=O)O)c(S(=O)(=O)O)cc4c3C2(C)C)C(C)(C)c2c1ccc1cc(S(=O)(=O)O)c(S(=O)(=O)O)cc21. The number of fused-ring (bicyclic) bond motifs is 6. The number of allylic oxidation sites excluding steroid dienone is 6. The first-order valence-electron chi connectivity index (χ1n) is 21.2. The normalized spacial score (nSPS) is 18.0. The maximum Gasteiger partial charge on any atom is 0.333 e. The number of carbonyl (C=O) groups is 3. The van der Waals surface area contributed by atoms with Crippen LogP contribution in [0.25, 0.3) is 21.5 Å². The summed E-state index contributed by atoms with van der Waals surface area (Å²) in [5, 5.41) is 1.71. The molecule has 0 spiro atoms. The molecule has 23 heteroatoms. The topological polar surface area (TPSA) is 287 Å². The van der Waals surface area contributed by atoms with Crippen LogP contribution >= 0.6 is 0 Å². The molecule has 3 heterocycles. The van der Waals surface area contributed by atoms with Gasteiger partial charge in [-0.1, -0.05) is 38.1 Å². The van der Waals surface area contributed by atoms with Crippen LogP contribution in [-0.4, -0.2) is 98.1 Å². The molecule has 3 aliphatic rings. The summed E-state index contributed by atoms with van der Waals surface area (Å²) in [6.07, 6.45) is 10.3. The minimum Gasteiger partial charge on any atom is -0.344 e. The fourth-order valence-corrected chi connectivity index (χ4v) is 13.1. The van der Waals surface area contributed by atoms with Gasteiger partial charge in [0.2, 0.25) is 5.69 Å². The van der Waals surface area contributed by atoms with Crippen molar-refractivity contribution in [2.45, 2.75) is 104 Å². The molecule has 0 bridgehead atoms. The molecule has 1 saturated heterocycles. The standard InChI is InChI=1S/C45H47N3O16S4/c1-6-46-31-18-16-27-23-33(65(52,53)54)35(67(58,59)60)25-29(27)42(31)44(2,3)37(46)13-9-7-10-14-38-45(4,5)43-30-26-36(68(61,62)63)34(66(55,56)57)24-28(30)17-19-32(43)47(38)22-12-8-11-15-41(51)64-48-39(49)20-21-40(48)50/h7,9-10,13-14,16-19,23-26H,6,8,11-12,15,20-22H2,1-5H3,(H3-,52,53,54,55,56,57,58,59,60,61,62,63)/p+1. The van der Waals surface area contributed by atoms with Gasteiger partial charge in [0, 0.05) is 66.7 Å². The van der Waals surface area contributed by atoms with Gasteiger partial charge in [-0.05, 0) is 103 Å². The van der Waals surface area contributed by atoms with Crippen LogP contribution in [0.1, 0.15) is 84.3 Å². The van der Waals surface area contributed by atoms with Gasteiger partial charge < -0.3 is 9.74 Å². The summed E-state index contributed by atoms with van der Waals surface area (Å²) in [5.74, 6) is -1.90. The predicted molar refractivity (Wildman–Crippen MR) is 248 cm³/mol. The number of imide groups is 1. The lowest BCUT2D eigenvalue weighted by Crippen LogP contribution is -2.31. The van der Waals surface area contributed by atoms with Gasteiger partial charge in [0.15, 0.2) is 5.71 Å². The molecule has 0 radical (unpaired) electrons. The molecule has 0 unspecified atom stereocenters. The van der Waals surface area contributed by atoms with Crippen LogP contribution in [0.2, 0.25) is 0 Å². The molecule has 0 atom stereocenters. The second kappa shape index (κ2) is 17.7. The van der Waals surface area contributed by atoms with E-state index in [4.69, 9.17) is 4.84 Å². The van der Waals surface area contributed by atoms with Crippen molar-refractivity contribution >= 4 is 96.9 Å². The van der Waals surface area contributed by atoms with Crippen molar-refractivity contribution in [2.24, 2.45) is 0 Å². The number of hydroxylamine groups is 2. The van der Waals surface area contributed by atoms with Crippen molar-refractivity contribution in [3.05, 3.63) is 95.7 Å². The van der Waals surface area contributed by atoms with E-state index in [2.05, 4.69) is 0 Å². The third-order valence-corrected chi connectivity index (χ3v) is 16.3. The van der Waals surface area contributed by atoms with Gasteiger partial charge in [0.05, 0.1) is 5.41 Å². The first-order valence-corrected chi connectivity index (χ1v) is 26.9. The van der Waals surface area contributed by atoms with E-state index >= 15 is 0 Å². The Balaban J connectivity index is 1.23. The zero-order valence-corrected chi connectivity index (χ0v) is 40.6. The molecule has 0 saturated carbocycles. The van der Waals surface area contributed by atoms with Crippen molar-refractivity contribution < 1.29 is 75.7 Å². The highest BCUT2D eigenvalue weighted by atomic mass is 32.2. The third-order valence-electron chi connectivity index (χ3n) is 12.4. The van der Waals surface area contributed by atoms with E-state index in [9.17, 15) is 66.3 Å². The monoisotopic (exact) mass is 1010 g/mol. The van der Waals surface area contributed by atoms with Crippen LogP contribution in [0.5, 0.6) is 0 Å². The average molecular weight is 1020 g/mol. The van der Waals surface area contributed by atoms with E-state index in [0.29, 0.717) is 76.1 Å². The lowest BCUT2D eigenvalue weighted by atomic mass is 9.79. The fourth-order valence-electron chi connectivity index (χ4n) is 9.46. The minimum atomic E-state index is -5.15. The zero-order chi connectivity index (χ0) is 50.1. The molecule has 0 aliphatic carbocycles. The first kappa shape index (κ1) is 50.2. The van der Waals surface area contributed by atoms with E-state index in [-0.39, 0.29) is 24.6 Å². The molecule has 68 heavy (non-hydrogen) atoms. The smallest absolute Gasteiger partial charge is 0.333 e. The maximum absolute atomic E-state index is 12.5. The first-order chi connectivity index (χ1) is 31.5. The van der Waals surface area contributed by atoms with Crippen molar-refractivity contribution in [1.82, 2.24) is 5.06 Å². The van der Waals surface area contributed by atoms with Gasteiger partial charge in [-0.3, -0.25) is 27.8 Å². The van der Waals surface area contributed by atoms with Gasteiger partial charge >= 0.3 is 5.97 Å². The van der Waals surface area contributed by atoms with Crippen LogP contribution in [-0.2, 0) is 70.5 Å². The number of nitrogens with zero attached hydrogens (tertiary/aromatic N) is 3. The largest absolute Gasteiger partial charge is 0.344 e. The molecule has 4 aromatic rings. The Kier molecular flexibility index (Phi) is 13.1. The summed E-state index contributed by atoms with van der Waals surface area (Å²) >= 11 is 0. The van der Waals surface area contributed by atoms with Gasteiger partial charge in [0.1, 0.15) is 26.1 Å². The molecular weight excluding hydrogens is 967 g/mol. The molecule has 2 amide bonds. The van der Waals surface area contributed by atoms with Crippen LogP contribution in [0, 0.1) is 0 Å². The molecular formula is C45H48N3O16S4+. The van der Waals surface area contributed by atoms with E-state index in [0.717, 1.165) is 35.7 Å².